The number of allylic oxidation sites excluding steroid dienone is 4. The molecule has 0 N–H and O–H groups in total. The van der Waals surface area contributed by atoms with Crippen molar-refractivity contribution in [3.63, 3.8) is 0 Å². The first-order chi connectivity index (χ1) is 5.86. The largest absolute Gasteiger partial charge is 0.212 e. The Balaban J connectivity index is 2.01. The predicted octanol–water partition coefficient (Wildman–Crippen LogP) is 3.07. The van der Waals surface area contributed by atoms with Gasteiger partial charge < -0.3 is 0 Å². The fourth-order valence-corrected chi connectivity index (χ4v) is 3.28. The standard InChI is InChI=1S/C11H13F/c12-10-3-1-2-9-7-4-5-8(6-7)11(9)10/h3-5,7-9,11H,1-2,6H2. The van der Waals surface area contributed by atoms with Crippen molar-refractivity contribution in [2.24, 2.45) is 23.7 Å². The molecule has 0 heterocycles. The van der Waals surface area contributed by atoms with E-state index in [0.29, 0.717) is 17.8 Å². The highest BCUT2D eigenvalue weighted by atomic mass is 19.1. The van der Waals surface area contributed by atoms with Crippen LogP contribution in [0.1, 0.15) is 19.3 Å². The highest BCUT2D eigenvalue weighted by Gasteiger charge is 2.47. The van der Waals surface area contributed by atoms with E-state index in [4.69, 9.17) is 0 Å². The first-order valence-corrected chi connectivity index (χ1v) is 4.90. The Hall–Kier alpha value is -0.590. The maximum absolute atomic E-state index is 13.4. The fraction of sp³-hybridized carbons (Fsp3) is 0.636. The third-order valence-corrected chi connectivity index (χ3v) is 3.78. The van der Waals surface area contributed by atoms with Gasteiger partial charge in [-0.05, 0) is 37.0 Å². The van der Waals surface area contributed by atoms with E-state index in [9.17, 15) is 4.39 Å². The molecule has 0 aliphatic heterocycles. The van der Waals surface area contributed by atoms with Gasteiger partial charge in [-0.3, -0.25) is 0 Å². The third-order valence-electron chi connectivity index (χ3n) is 3.78. The summed E-state index contributed by atoms with van der Waals surface area (Å²) in [7, 11) is 0. The summed E-state index contributed by atoms with van der Waals surface area (Å²) < 4.78 is 13.4. The van der Waals surface area contributed by atoms with Gasteiger partial charge in [-0.25, -0.2) is 4.39 Å². The summed E-state index contributed by atoms with van der Waals surface area (Å²) in [6.45, 7) is 0. The Labute approximate surface area is 72.2 Å². The highest BCUT2D eigenvalue weighted by molar-refractivity contribution is 5.22. The van der Waals surface area contributed by atoms with Crippen molar-refractivity contribution in [3.05, 3.63) is 24.1 Å². The molecule has 2 bridgehead atoms. The molecule has 0 aromatic rings. The van der Waals surface area contributed by atoms with Crippen LogP contribution in [-0.2, 0) is 0 Å². The van der Waals surface area contributed by atoms with Crippen molar-refractivity contribution < 1.29 is 4.39 Å². The molecule has 1 saturated carbocycles. The molecule has 0 amide bonds. The van der Waals surface area contributed by atoms with Crippen molar-refractivity contribution in [2.75, 3.05) is 0 Å². The van der Waals surface area contributed by atoms with Crippen LogP contribution in [0.25, 0.3) is 0 Å². The maximum Gasteiger partial charge on any atom is 0.0999 e. The van der Waals surface area contributed by atoms with Gasteiger partial charge in [0.15, 0.2) is 0 Å². The average molecular weight is 164 g/mol. The molecule has 0 spiro atoms. The van der Waals surface area contributed by atoms with Gasteiger partial charge in [-0.2, -0.15) is 0 Å². The molecule has 0 aromatic heterocycles. The van der Waals surface area contributed by atoms with Crippen LogP contribution in [0.4, 0.5) is 4.39 Å². The summed E-state index contributed by atoms with van der Waals surface area (Å²) in [6.07, 6.45) is 9.73. The zero-order valence-corrected chi connectivity index (χ0v) is 7.04. The van der Waals surface area contributed by atoms with Gasteiger partial charge in [-0.1, -0.05) is 18.2 Å². The van der Waals surface area contributed by atoms with Gasteiger partial charge >= 0.3 is 0 Å². The van der Waals surface area contributed by atoms with Crippen LogP contribution in [0, 0.1) is 23.7 Å². The van der Waals surface area contributed by atoms with Crippen molar-refractivity contribution in [1.82, 2.24) is 0 Å². The van der Waals surface area contributed by atoms with E-state index in [1.54, 1.807) is 6.08 Å². The van der Waals surface area contributed by atoms with Crippen LogP contribution in [0.15, 0.2) is 24.1 Å². The number of halogens is 1. The first kappa shape index (κ1) is 6.88. The van der Waals surface area contributed by atoms with E-state index in [1.807, 2.05) is 0 Å². The Morgan fingerprint density at radius 2 is 2.08 bits per heavy atom. The molecule has 0 aromatic carbocycles. The molecule has 1 fully saturated rings. The number of fused-ring (bicyclic) bond motifs is 5. The second kappa shape index (κ2) is 2.21. The Kier molecular flexibility index (Phi) is 1.27. The Bertz CT molecular complexity index is 264. The van der Waals surface area contributed by atoms with Gasteiger partial charge in [0.25, 0.3) is 0 Å². The lowest BCUT2D eigenvalue weighted by Crippen LogP contribution is -2.22. The van der Waals surface area contributed by atoms with Crippen LogP contribution in [0.3, 0.4) is 0 Å². The van der Waals surface area contributed by atoms with Crippen LogP contribution < -0.4 is 0 Å². The van der Waals surface area contributed by atoms with E-state index >= 15 is 0 Å². The number of hydrogen-bond acceptors (Lipinski definition) is 0. The average Bonchev–Trinajstić information content (AvgIpc) is 2.64. The monoisotopic (exact) mass is 164 g/mol. The molecular formula is C11H13F. The lowest BCUT2D eigenvalue weighted by Gasteiger charge is -2.29. The van der Waals surface area contributed by atoms with E-state index in [0.717, 1.165) is 6.42 Å². The van der Waals surface area contributed by atoms with Crippen LogP contribution >= 0.6 is 0 Å². The number of hydrogen-bond donors (Lipinski definition) is 0. The quantitative estimate of drug-likeness (QED) is 0.483. The molecule has 12 heavy (non-hydrogen) atoms. The van der Waals surface area contributed by atoms with Crippen LogP contribution in [0.2, 0.25) is 0 Å². The summed E-state index contributed by atoms with van der Waals surface area (Å²) in [5, 5.41) is 0. The second-order valence-electron chi connectivity index (χ2n) is 4.30. The summed E-state index contributed by atoms with van der Waals surface area (Å²) in [6, 6.07) is 0. The Morgan fingerprint density at radius 3 is 2.92 bits per heavy atom. The molecular weight excluding hydrogens is 151 g/mol. The van der Waals surface area contributed by atoms with Gasteiger partial charge in [-0.15, -0.1) is 0 Å². The lowest BCUT2D eigenvalue weighted by atomic mass is 9.76. The summed E-state index contributed by atoms with van der Waals surface area (Å²) in [4.78, 5) is 0. The van der Waals surface area contributed by atoms with E-state index in [1.165, 1.54) is 12.8 Å². The molecule has 3 aliphatic rings. The summed E-state index contributed by atoms with van der Waals surface area (Å²) >= 11 is 0. The molecule has 4 atom stereocenters. The summed E-state index contributed by atoms with van der Waals surface area (Å²) in [5.41, 5.74) is 0. The van der Waals surface area contributed by atoms with E-state index in [-0.39, 0.29) is 11.7 Å². The highest BCUT2D eigenvalue weighted by Crippen LogP contribution is 2.54. The van der Waals surface area contributed by atoms with Gasteiger partial charge in [0.1, 0.15) is 0 Å². The van der Waals surface area contributed by atoms with Gasteiger partial charge in [0, 0.05) is 5.92 Å². The van der Waals surface area contributed by atoms with Crippen molar-refractivity contribution >= 4 is 0 Å². The van der Waals surface area contributed by atoms with E-state index < -0.39 is 0 Å². The maximum atomic E-state index is 13.4. The summed E-state index contributed by atoms with van der Waals surface area (Å²) in [5.74, 6) is 2.35. The zero-order chi connectivity index (χ0) is 8.13. The molecule has 0 nitrogen and oxygen atoms in total. The smallest absolute Gasteiger partial charge is 0.0999 e. The van der Waals surface area contributed by atoms with Gasteiger partial charge in [0.05, 0.1) is 5.83 Å². The predicted molar refractivity (Wildman–Crippen MR) is 46.1 cm³/mol. The molecule has 4 unspecified atom stereocenters. The van der Waals surface area contributed by atoms with Gasteiger partial charge in [0.2, 0.25) is 0 Å². The van der Waals surface area contributed by atoms with Crippen molar-refractivity contribution in [1.29, 1.82) is 0 Å². The van der Waals surface area contributed by atoms with Crippen LogP contribution in [0.5, 0.6) is 0 Å². The minimum Gasteiger partial charge on any atom is -0.212 e. The molecule has 1 heteroatoms. The first-order valence-electron chi connectivity index (χ1n) is 4.90. The van der Waals surface area contributed by atoms with E-state index in [2.05, 4.69) is 12.2 Å². The van der Waals surface area contributed by atoms with Crippen LogP contribution in [-0.4, -0.2) is 0 Å². The minimum atomic E-state index is 0.183. The SMILES string of the molecule is FC1=CCCC2C3C=CC(C3)C12. The zero-order valence-electron chi connectivity index (χ0n) is 7.04. The fourth-order valence-electron chi connectivity index (χ4n) is 3.28. The van der Waals surface area contributed by atoms with Crippen molar-refractivity contribution in [3.8, 4) is 0 Å². The minimum absolute atomic E-state index is 0.183. The second-order valence-corrected chi connectivity index (χ2v) is 4.30. The Morgan fingerprint density at radius 1 is 1.25 bits per heavy atom. The molecule has 0 saturated heterocycles. The third kappa shape index (κ3) is 0.720. The molecule has 3 aliphatic carbocycles. The normalized spacial score (nSPS) is 49.2. The lowest BCUT2D eigenvalue weighted by molar-refractivity contribution is 0.271. The molecule has 64 valence electrons. The number of rotatable bonds is 0. The van der Waals surface area contributed by atoms with Crippen molar-refractivity contribution in [2.45, 2.75) is 19.3 Å². The topological polar surface area (TPSA) is 0 Å². The molecule has 0 radical (unpaired) electrons. The molecule has 3 rings (SSSR count).